The van der Waals surface area contributed by atoms with Gasteiger partial charge in [0.15, 0.2) is 0 Å². The Morgan fingerprint density at radius 3 is 2.45 bits per heavy atom. The molecule has 1 aromatic heterocycles. The third kappa shape index (κ3) is 4.72. The van der Waals surface area contributed by atoms with Crippen LogP contribution in [0.2, 0.25) is 0 Å². The minimum absolute atomic E-state index is 0.0672. The third-order valence-corrected chi connectivity index (χ3v) is 2.83. The fourth-order valence-electron chi connectivity index (χ4n) is 1.88. The molecule has 1 heterocycles. The van der Waals surface area contributed by atoms with Crippen LogP contribution in [0.15, 0.2) is 22.8 Å². The van der Waals surface area contributed by atoms with Crippen molar-refractivity contribution in [2.75, 3.05) is 0 Å². The van der Waals surface area contributed by atoms with Crippen LogP contribution in [0.5, 0.6) is 0 Å². The van der Waals surface area contributed by atoms with Gasteiger partial charge in [0.05, 0.1) is 12.3 Å². The van der Waals surface area contributed by atoms with Crippen molar-refractivity contribution in [2.45, 2.75) is 46.3 Å². The molecule has 0 saturated heterocycles. The molecule has 0 unspecified atom stereocenters. The van der Waals surface area contributed by atoms with Gasteiger partial charge in [-0.05, 0) is 38.8 Å². The van der Waals surface area contributed by atoms with Gasteiger partial charge in [0.25, 0.3) is 0 Å². The van der Waals surface area contributed by atoms with E-state index in [9.17, 15) is 9.59 Å². The van der Waals surface area contributed by atoms with E-state index in [0.717, 1.165) is 6.29 Å². The van der Waals surface area contributed by atoms with Crippen LogP contribution < -0.4 is 5.32 Å². The van der Waals surface area contributed by atoms with Gasteiger partial charge in [0.1, 0.15) is 17.6 Å². The molecule has 5 heteroatoms. The summed E-state index contributed by atoms with van der Waals surface area (Å²) < 4.78 is 10.6. The Balaban J connectivity index is 2.89. The lowest BCUT2D eigenvalue weighted by Gasteiger charge is -2.27. The molecule has 5 nitrogen and oxygen atoms in total. The highest BCUT2D eigenvalue weighted by Gasteiger charge is 2.30. The number of aldehydes is 1. The molecule has 1 amide bonds. The zero-order valence-corrected chi connectivity index (χ0v) is 12.7. The van der Waals surface area contributed by atoms with E-state index < -0.39 is 17.7 Å². The number of ether oxygens (including phenoxy) is 1. The molecule has 0 bridgehead atoms. The van der Waals surface area contributed by atoms with Crippen LogP contribution in [-0.4, -0.2) is 18.0 Å². The molecule has 0 spiro atoms. The summed E-state index contributed by atoms with van der Waals surface area (Å²) in [7, 11) is 0. The number of hydrogen-bond acceptors (Lipinski definition) is 4. The first-order valence-corrected chi connectivity index (χ1v) is 6.73. The second-order valence-corrected chi connectivity index (χ2v) is 6.10. The second kappa shape index (κ2) is 6.59. The number of rotatable bonds is 5. The smallest absolute Gasteiger partial charge is 0.408 e. The molecule has 20 heavy (non-hydrogen) atoms. The molecule has 0 fully saturated rings. The SMILES string of the molecule is CC(C)[C@H](C=O)[C@H](NC(=O)OC(C)(C)C)c1ccco1. The van der Waals surface area contributed by atoms with E-state index in [1.807, 2.05) is 13.8 Å². The maximum atomic E-state index is 11.9. The van der Waals surface area contributed by atoms with Crippen molar-refractivity contribution in [3.05, 3.63) is 24.2 Å². The van der Waals surface area contributed by atoms with Gasteiger partial charge in [-0.25, -0.2) is 4.79 Å². The summed E-state index contributed by atoms with van der Waals surface area (Å²) in [5, 5.41) is 2.72. The molecule has 0 saturated carbocycles. The minimum Gasteiger partial charge on any atom is -0.467 e. The van der Waals surface area contributed by atoms with Crippen LogP contribution in [-0.2, 0) is 9.53 Å². The van der Waals surface area contributed by atoms with E-state index in [0.29, 0.717) is 5.76 Å². The number of hydrogen-bond donors (Lipinski definition) is 1. The lowest BCUT2D eigenvalue weighted by atomic mass is 9.88. The Morgan fingerprint density at radius 1 is 1.40 bits per heavy atom. The van der Waals surface area contributed by atoms with Gasteiger partial charge in [-0.1, -0.05) is 13.8 Å². The van der Waals surface area contributed by atoms with Crippen molar-refractivity contribution in [1.82, 2.24) is 5.32 Å². The number of carbonyl (C=O) groups excluding carboxylic acids is 2. The van der Waals surface area contributed by atoms with Crippen LogP contribution in [0, 0.1) is 11.8 Å². The van der Waals surface area contributed by atoms with Crippen LogP contribution >= 0.6 is 0 Å². The summed E-state index contributed by atoms with van der Waals surface area (Å²) in [5.41, 5.74) is -0.591. The molecule has 2 atom stereocenters. The van der Waals surface area contributed by atoms with Gasteiger partial charge < -0.3 is 19.3 Å². The third-order valence-electron chi connectivity index (χ3n) is 2.83. The highest BCUT2D eigenvalue weighted by atomic mass is 16.6. The molecule has 0 radical (unpaired) electrons. The highest BCUT2D eigenvalue weighted by molar-refractivity contribution is 5.69. The number of furan rings is 1. The number of carbonyl (C=O) groups is 2. The van der Waals surface area contributed by atoms with Crippen molar-refractivity contribution >= 4 is 12.4 Å². The van der Waals surface area contributed by atoms with Gasteiger partial charge in [-0.2, -0.15) is 0 Å². The maximum absolute atomic E-state index is 11.9. The predicted octanol–water partition coefficient (Wildman–Crippen LogP) is 3.32. The molecule has 0 aliphatic carbocycles. The quantitative estimate of drug-likeness (QED) is 0.841. The summed E-state index contributed by atoms with van der Waals surface area (Å²) in [6, 6.07) is 2.93. The fraction of sp³-hybridized carbons (Fsp3) is 0.600. The maximum Gasteiger partial charge on any atom is 0.408 e. The summed E-state index contributed by atoms with van der Waals surface area (Å²) in [6.07, 6.45) is 1.79. The monoisotopic (exact) mass is 281 g/mol. The average Bonchev–Trinajstić information content (AvgIpc) is 2.78. The van der Waals surface area contributed by atoms with Crippen LogP contribution in [0.3, 0.4) is 0 Å². The Bertz CT molecular complexity index is 431. The second-order valence-electron chi connectivity index (χ2n) is 6.10. The van der Waals surface area contributed by atoms with Gasteiger partial charge in [0, 0.05) is 5.92 Å². The van der Waals surface area contributed by atoms with Gasteiger partial charge in [-0.15, -0.1) is 0 Å². The molecule has 0 aliphatic rings. The van der Waals surface area contributed by atoms with Crippen molar-refractivity contribution < 1.29 is 18.7 Å². The van der Waals surface area contributed by atoms with Crippen LogP contribution in [0.4, 0.5) is 4.79 Å². The molecular weight excluding hydrogens is 258 g/mol. The van der Waals surface area contributed by atoms with Crippen molar-refractivity contribution in [2.24, 2.45) is 11.8 Å². The van der Waals surface area contributed by atoms with Crippen LogP contribution in [0.1, 0.15) is 46.4 Å². The van der Waals surface area contributed by atoms with Gasteiger partial charge in [-0.3, -0.25) is 0 Å². The largest absolute Gasteiger partial charge is 0.467 e. The average molecular weight is 281 g/mol. The van der Waals surface area contributed by atoms with E-state index in [4.69, 9.17) is 9.15 Å². The van der Waals surface area contributed by atoms with E-state index >= 15 is 0 Å². The number of nitrogens with one attached hydrogen (secondary N) is 1. The lowest BCUT2D eigenvalue weighted by Crippen LogP contribution is -2.39. The molecule has 1 N–H and O–H groups in total. The Morgan fingerprint density at radius 2 is 2.05 bits per heavy atom. The normalized spacial score (nSPS) is 14.7. The zero-order chi connectivity index (χ0) is 15.3. The van der Waals surface area contributed by atoms with Crippen LogP contribution in [0.25, 0.3) is 0 Å². The molecule has 1 rings (SSSR count). The van der Waals surface area contributed by atoms with Crippen molar-refractivity contribution in [3.8, 4) is 0 Å². The standard InChI is InChI=1S/C15H23NO4/c1-10(2)11(9-17)13(12-7-6-8-19-12)16-14(18)20-15(3,4)5/h6-11,13H,1-5H3,(H,16,18)/t11-,13-/m0/s1. The molecule has 112 valence electrons. The Hall–Kier alpha value is -1.78. The fourth-order valence-corrected chi connectivity index (χ4v) is 1.88. The molecular formula is C15H23NO4. The minimum atomic E-state index is -0.591. The van der Waals surface area contributed by atoms with E-state index in [2.05, 4.69) is 5.32 Å². The topological polar surface area (TPSA) is 68.5 Å². The predicted molar refractivity (Wildman–Crippen MR) is 75.2 cm³/mol. The molecule has 0 aromatic carbocycles. The first kappa shape index (κ1) is 16.3. The van der Waals surface area contributed by atoms with Gasteiger partial charge >= 0.3 is 6.09 Å². The summed E-state index contributed by atoms with van der Waals surface area (Å²) in [5.74, 6) is 0.230. The van der Waals surface area contributed by atoms with Crippen molar-refractivity contribution in [3.63, 3.8) is 0 Å². The van der Waals surface area contributed by atoms with E-state index in [1.165, 1.54) is 6.26 Å². The van der Waals surface area contributed by atoms with E-state index in [-0.39, 0.29) is 11.8 Å². The zero-order valence-electron chi connectivity index (χ0n) is 12.7. The van der Waals surface area contributed by atoms with Gasteiger partial charge in [0.2, 0.25) is 0 Å². The number of amides is 1. The van der Waals surface area contributed by atoms with Crippen molar-refractivity contribution in [1.29, 1.82) is 0 Å². The van der Waals surface area contributed by atoms with E-state index in [1.54, 1.807) is 32.9 Å². The Labute approximate surface area is 119 Å². The Kier molecular flexibility index (Phi) is 5.36. The number of alkyl carbamates (subject to hydrolysis) is 1. The molecule has 1 aromatic rings. The highest BCUT2D eigenvalue weighted by Crippen LogP contribution is 2.27. The lowest BCUT2D eigenvalue weighted by molar-refractivity contribution is -0.113. The molecule has 0 aliphatic heterocycles. The summed E-state index contributed by atoms with van der Waals surface area (Å²) >= 11 is 0. The first-order valence-electron chi connectivity index (χ1n) is 6.73. The first-order chi connectivity index (χ1) is 9.24. The summed E-state index contributed by atoms with van der Waals surface area (Å²) in [4.78, 5) is 23.2. The summed E-state index contributed by atoms with van der Waals surface area (Å²) in [6.45, 7) is 9.20.